The van der Waals surface area contributed by atoms with Crippen molar-refractivity contribution in [1.29, 1.82) is 0 Å². The highest BCUT2D eigenvalue weighted by molar-refractivity contribution is 5.69. The van der Waals surface area contributed by atoms with Crippen molar-refractivity contribution in [3.05, 3.63) is 62.3 Å². The first-order chi connectivity index (χ1) is 9.93. The van der Waals surface area contributed by atoms with Gasteiger partial charge in [0.05, 0.1) is 12.0 Å². The van der Waals surface area contributed by atoms with E-state index < -0.39 is 16.1 Å². The fourth-order valence-electron chi connectivity index (χ4n) is 2.01. The van der Waals surface area contributed by atoms with E-state index in [0.29, 0.717) is 16.7 Å². The zero-order valence-corrected chi connectivity index (χ0v) is 11.5. The zero-order chi connectivity index (χ0) is 15.6. The Morgan fingerprint density at radius 3 is 2.33 bits per heavy atom. The Hall–Kier alpha value is -2.89. The van der Waals surface area contributed by atoms with Crippen LogP contribution in [-0.2, 0) is 0 Å². The van der Waals surface area contributed by atoms with E-state index in [2.05, 4.69) is 0 Å². The smallest absolute Gasteiger partial charge is 0.269 e. The Morgan fingerprint density at radius 2 is 1.81 bits per heavy atom. The molecule has 0 heterocycles. The Kier molecular flexibility index (Phi) is 3.89. The Morgan fingerprint density at radius 1 is 1.19 bits per heavy atom. The van der Waals surface area contributed by atoms with Gasteiger partial charge in [-0.2, -0.15) is 0 Å². The summed E-state index contributed by atoms with van der Waals surface area (Å²) in [6, 6.07) is 8.68. The molecule has 0 aliphatic rings. The normalized spacial score (nSPS) is 10.2. The highest BCUT2D eigenvalue weighted by Crippen LogP contribution is 2.28. The van der Waals surface area contributed by atoms with E-state index in [1.54, 1.807) is 25.1 Å². The van der Waals surface area contributed by atoms with Gasteiger partial charge in [0.15, 0.2) is 5.75 Å². The Bertz CT molecular complexity index is 753. The van der Waals surface area contributed by atoms with Gasteiger partial charge in [0.25, 0.3) is 5.69 Å². The molecule has 0 spiro atoms. The number of aryl methyl sites for hydroxylation is 1. The second-order valence-corrected chi connectivity index (χ2v) is 4.47. The lowest BCUT2D eigenvalue weighted by Crippen LogP contribution is -1.96. The summed E-state index contributed by atoms with van der Waals surface area (Å²) in [6.45, 7) is 1.76. The first-order valence-corrected chi connectivity index (χ1v) is 6.10. The lowest BCUT2D eigenvalue weighted by molar-refractivity contribution is -0.384. The van der Waals surface area contributed by atoms with Gasteiger partial charge in [0.2, 0.25) is 11.2 Å². The van der Waals surface area contributed by atoms with Gasteiger partial charge in [-0.25, -0.2) is 0 Å². The number of nitrogens with zero attached hydrogens (tertiary/aromatic N) is 1. The van der Waals surface area contributed by atoms with Crippen LogP contribution in [0, 0.1) is 17.0 Å². The van der Waals surface area contributed by atoms with Crippen LogP contribution in [0.25, 0.3) is 11.1 Å². The summed E-state index contributed by atoms with van der Waals surface area (Å²) < 4.78 is 4.97. The maximum atomic E-state index is 11.9. The van der Waals surface area contributed by atoms with E-state index in [0.717, 1.165) is 0 Å². The van der Waals surface area contributed by atoms with Gasteiger partial charge in [0, 0.05) is 12.1 Å². The van der Waals surface area contributed by atoms with Crippen molar-refractivity contribution in [2.24, 2.45) is 0 Å². The lowest BCUT2D eigenvalue weighted by atomic mass is 10.0. The van der Waals surface area contributed by atoms with Crippen molar-refractivity contribution in [3.63, 3.8) is 0 Å². The number of hydrogen-bond donors (Lipinski definition) is 1. The number of hydrogen-bond acceptors (Lipinski definition) is 5. The highest BCUT2D eigenvalue weighted by Gasteiger charge is 2.11. The zero-order valence-electron chi connectivity index (χ0n) is 11.5. The van der Waals surface area contributed by atoms with E-state index >= 15 is 0 Å². The number of aromatic hydroxyl groups is 1. The topological polar surface area (TPSA) is 89.7 Å². The molecule has 0 saturated heterocycles. The first-order valence-electron chi connectivity index (χ1n) is 6.10. The van der Waals surface area contributed by atoms with Crippen LogP contribution in [0.3, 0.4) is 0 Å². The Labute approximate surface area is 120 Å². The minimum atomic E-state index is -0.576. The molecule has 0 aliphatic heterocycles. The van der Waals surface area contributed by atoms with Crippen LogP contribution in [0.15, 0.2) is 41.2 Å². The van der Waals surface area contributed by atoms with Gasteiger partial charge in [-0.3, -0.25) is 14.9 Å². The average Bonchev–Trinajstić information content (AvgIpc) is 2.58. The van der Waals surface area contributed by atoms with Gasteiger partial charge in [-0.05, 0) is 47.9 Å². The molecule has 0 saturated carbocycles. The number of methoxy groups -OCH3 is 1. The number of non-ortho nitro benzene ring substituents is 1. The molecular formula is C15H13NO5. The van der Waals surface area contributed by atoms with E-state index in [9.17, 15) is 20.0 Å². The largest absolute Gasteiger partial charge is 0.502 e. The maximum Gasteiger partial charge on any atom is 0.269 e. The molecule has 2 rings (SSSR count). The molecule has 2 aromatic rings. The summed E-state index contributed by atoms with van der Waals surface area (Å²) in [6.07, 6.45) is 0. The van der Waals surface area contributed by atoms with E-state index in [1.165, 1.54) is 25.3 Å². The van der Waals surface area contributed by atoms with Crippen molar-refractivity contribution >= 4 is 5.69 Å². The quantitative estimate of drug-likeness (QED) is 0.692. The van der Waals surface area contributed by atoms with Crippen molar-refractivity contribution in [2.75, 3.05) is 7.11 Å². The summed E-state index contributed by atoms with van der Waals surface area (Å²) in [5.74, 6) is -0.376. The molecule has 2 aromatic carbocycles. The van der Waals surface area contributed by atoms with Gasteiger partial charge in [-0.1, -0.05) is 0 Å². The fourth-order valence-corrected chi connectivity index (χ4v) is 2.01. The third-order valence-corrected chi connectivity index (χ3v) is 3.12. The van der Waals surface area contributed by atoms with Crippen LogP contribution in [0.4, 0.5) is 5.69 Å². The maximum absolute atomic E-state index is 11.9. The van der Waals surface area contributed by atoms with Crippen LogP contribution in [-0.4, -0.2) is 17.1 Å². The van der Waals surface area contributed by atoms with Crippen molar-refractivity contribution in [2.45, 2.75) is 6.92 Å². The number of nitro groups is 1. The average molecular weight is 287 g/mol. The summed E-state index contributed by atoms with van der Waals surface area (Å²) in [5.41, 5.74) is 1.33. The predicted octanol–water partition coefficient (Wildman–Crippen LogP) is 2.64. The second-order valence-electron chi connectivity index (χ2n) is 4.47. The van der Waals surface area contributed by atoms with Crippen LogP contribution in [0.1, 0.15) is 5.56 Å². The molecule has 21 heavy (non-hydrogen) atoms. The third-order valence-electron chi connectivity index (χ3n) is 3.12. The standard InChI is InChI=1S/C15H13NO5/c1-9-7-14(21-2)15(18)13(17)8-12(9)10-3-5-11(6-4-10)16(19)20/h3-8H,1-2H3,(H,17,18). The molecule has 108 valence electrons. The molecule has 6 heteroatoms. The summed E-state index contributed by atoms with van der Waals surface area (Å²) in [5, 5.41) is 20.4. The van der Waals surface area contributed by atoms with Crippen molar-refractivity contribution < 1.29 is 14.8 Å². The van der Waals surface area contributed by atoms with Crippen LogP contribution in [0.2, 0.25) is 0 Å². The van der Waals surface area contributed by atoms with E-state index in [4.69, 9.17) is 4.74 Å². The predicted molar refractivity (Wildman–Crippen MR) is 77.8 cm³/mol. The number of ether oxygens (including phenoxy) is 1. The molecule has 0 radical (unpaired) electrons. The minimum absolute atomic E-state index is 0.0283. The van der Waals surface area contributed by atoms with Crippen LogP contribution < -0.4 is 10.2 Å². The van der Waals surface area contributed by atoms with Crippen LogP contribution >= 0.6 is 0 Å². The number of benzene rings is 1. The second kappa shape index (κ2) is 5.62. The van der Waals surface area contributed by atoms with E-state index in [-0.39, 0.29) is 11.4 Å². The van der Waals surface area contributed by atoms with Gasteiger partial charge in [-0.15, -0.1) is 0 Å². The molecule has 6 nitrogen and oxygen atoms in total. The molecule has 0 amide bonds. The summed E-state index contributed by atoms with van der Waals surface area (Å²) in [4.78, 5) is 22.0. The summed E-state index contributed by atoms with van der Waals surface area (Å²) >= 11 is 0. The number of nitro benzene ring substituents is 1. The molecule has 0 fully saturated rings. The lowest BCUT2D eigenvalue weighted by Gasteiger charge is -2.02. The van der Waals surface area contributed by atoms with Gasteiger partial charge >= 0.3 is 0 Å². The monoisotopic (exact) mass is 287 g/mol. The SMILES string of the molecule is COc1cc(C)c(-c2ccc([N+](=O)[O-])cc2)cc(=O)c1O. The highest BCUT2D eigenvalue weighted by atomic mass is 16.6. The van der Waals surface area contributed by atoms with Gasteiger partial charge < -0.3 is 9.84 Å². The molecule has 0 unspecified atom stereocenters. The van der Waals surface area contributed by atoms with Crippen LogP contribution in [0.5, 0.6) is 11.5 Å². The summed E-state index contributed by atoms with van der Waals surface area (Å²) in [7, 11) is 1.36. The molecule has 0 bridgehead atoms. The number of rotatable bonds is 3. The van der Waals surface area contributed by atoms with E-state index in [1.807, 2.05) is 0 Å². The fraction of sp³-hybridized carbons (Fsp3) is 0.133. The molecule has 0 aromatic heterocycles. The minimum Gasteiger partial charge on any atom is -0.502 e. The third kappa shape index (κ3) is 2.84. The Balaban J connectivity index is 2.64. The van der Waals surface area contributed by atoms with Crippen molar-refractivity contribution in [3.8, 4) is 22.6 Å². The molecule has 0 aliphatic carbocycles. The molecule has 0 atom stereocenters. The van der Waals surface area contributed by atoms with Crippen molar-refractivity contribution in [1.82, 2.24) is 0 Å². The first kappa shape index (κ1) is 14.5. The molecule has 1 N–H and O–H groups in total. The van der Waals surface area contributed by atoms with Gasteiger partial charge in [0.1, 0.15) is 0 Å². The molecular weight excluding hydrogens is 274 g/mol.